The van der Waals surface area contributed by atoms with Crippen LogP contribution in [0.1, 0.15) is 40.5 Å². The normalized spacial score (nSPS) is 18.9. The van der Waals surface area contributed by atoms with Crippen LogP contribution in [0.3, 0.4) is 0 Å². The van der Waals surface area contributed by atoms with Crippen molar-refractivity contribution in [3.63, 3.8) is 0 Å². The summed E-state index contributed by atoms with van der Waals surface area (Å²) in [5.41, 5.74) is 1.63. The summed E-state index contributed by atoms with van der Waals surface area (Å²) in [7, 11) is 2.19. The Morgan fingerprint density at radius 1 is 1.44 bits per heavy atom. The lowest BCUT2D eigenvalue weighted by atomic mass is 9.87. The van der Waals surface area contributed by atoms with Gasteiger partial charge in [-0.05, 0) is 37.8 Å². The fourth-order valence-electron chi connectivity index (χ4n) is 1.78. The van der Waals surface area contributed by atoms with Crippen molar-refractivity contribution < 1.29 is 0 Å². The van der Waals surface area contributed by atoms with Crippen LogP contribution in [-0.4, -0.2) is 37.1 Å². The van der Waals surface area contributed by atoms with Gasteiger partial charge in [-0.3, -0.25) is 4.90 Å². The zero-order valence-electron chi connectivity index (χ0n) is 11.6. The zero-order chi connectivity index (χ0) is 12.3. The maximum Gasteiger partial charge on any atom is 0.0202 e. The molecule has 0 aromatic heterocycles. The zero-order valence-corrected chi connectivity index (χ0v) is 11.6. The number of rotatable bonds is 6. The highest BCUT2D eigenvalue weighted by atomic mass is 15.1. The largest absolute Gasteiger partial charge is 0.310 e. The maximum atomic E-state index is 4.15. The summed E-state index contributed by atoms with van der Waals surface area (Å²) in [6.45, 7) is 15.3. The van der Waals surface area contributed by atoms with Crippen molar-refractivity contribution >= 4 is 0 Å². The minimum Gasteiger partial charge on any atom is -0.310 e. The van der Waals surface area contributed by atoms with Gasteiger partial charge in [0.2, 0.25) is 0 Å². The fraction of sp³-hybridized carbons (Fsp3) is 0.857. The Hall–Kier alpha value is -0.340. The third-order valence-corrected chi connectivity index (χ3v) is 3.61. The molecule has 1 aliphatic rings. The first kappa shape index (κ1) is 13.7. The Labute approximate surface area is 101 Å². The van der Waals surface area contributed by atoms with Gasteiger partial charge in [-0.2, -0.15) is 0 Å². The van der Waals surface area contributed by atoms with Crippen LogP contribution >= 0.6 is 0 Å². The van der Waals surface area contributed by atoms with Gasteiger partial charge in [0.15, 0.2) is 0 Å². The molecule has 2 nitrogen and oxygen atoms in total. The van der Waals surface area contributed by atoms with Gasteiger partial charge in [0.1, 0.15) is 0 Å². The smallest absolute Gasteiger partial charge is 0.0202 e. The lowest BCUT2D eigenvalue weighted by Gasteiger charge is -2.35. The summed E-state index contributed by atoms with van der Waals surface area (Å²) in [4.78, 5) is 2.40. The van der Waals surface area contributed by atoms with E-state index in [0.29, 0.717) is 11.5 Å². The molecule has 0 aromatic rings. The summed E-state index contributed by atoms with van der Waals surface area (Å²) >= 11 is 0. The molecule has 0 radical (unpaired) electrons. The maximum absolute atomic E-state index is 4.15. The van der Waals surface area contributed by atoms with Crippen LogP contribution in [0.4, 0.5) is 0 Å². The number of hydrogen-bond donors (Lipinski definition) is 1. The van der Waals surface area contributed by atoms with Crippen molar-refractivity contribution in [3.8, 4) is 0 Å². The summed E-state index contributed by atoms with van der Waals surface area (Å²) in [6, 6.07) is 1.35. The molecule has 1 unspecified atom stereocenters. The van der Waals surface area contributed by atoms with Crippen molar-refractivity contribution in [2.75, 3.05) is 20.1 Å². The van der Waals surface area contributed by atoms with E-state index in [1.54, 1.807) is 0 Å². The highest BCUT2D eigenvalue weighted by molar-refractivity contribution is 5.02. The van der Waals surface area contributed by atoms with Crippen molar-refractivity contribution in [1.82, 2.24) is 10.2 Å². The Balaban J connectivity index is 2.25. The van der Waals surface area contributed by atoms with Gasteiger partial charge in [-0.15, -0.1) is 0 Å². The predicted molar refractivity (Wildman–Crippen MR) is 71.7 cm³/mol. The van der Waals surface area contributed by atoms with E-state index in [-0.39, 0.29) is 0 Å². The molecular formula is C14H28N2. The van der Waals surface area contributed by atoms with E-state index in [2.05, 4.69) is 51.5 Å². The van der Waals surface area contributed by atoms with Crippen LogP contribution in [0.25, 0.3) is 0 Å². The predicted octanol–water partition coefficient (Wildman–Crippen LogP) is 2.66. The van der Waals surface area contributed by atoms with Gasteiger partial charge in [0.05, 0.1) is 0 Å². The summed E-state index contributed by atoms with van der Waals surface area (Å²) < 4.78 is 0. The molecule has 2 heteroatoms. The van der Waals surface area contributed by atoms with Gasteiger partial charge in [0, 0.05) is 25.2 Å². The summed E-state index contributed by atoms with van der Waals surface area (Å²) in [5.74, 6) is 0. The molecule has 1 N–H and O–H groups in total. The van der Waals surface area contributed by atoms with Crippen molar-refractivity contribution in [3.05, 3.63) is 12.2 Å². The van der Waals surface area contributed by atoms with Gasteiger partial charge >= 0.3 is 0 Å². The van der Waals surface area contributed by atoms with Crippen LogP contribution < -0.4 is 5.32 Å². The van der Waals surface area contributed by atoms with Crippen molar-refractivity contribution in [2.24, 2.45) is 5.41 Å². The lowest BCUT2D eigenvalue weighted by molar-refractivity contribution is 0.151. The molecule has 16 heavy (non-hydrogen) atoms. The molecule has 1 rings (SSSR count). The Morgan fingerprint density at radius 2 is 2.00 bits per heavy atom. The first-order valence-electron chi connectivity index (χ1n) is 6.41. The number of hydrogen-bond acceptors (Lipinski definition) is 2. The monoisotopic (exact) mass is 224 g/mol. The SMILES string of the molecule is C=C(CNC1CC1)CN(C)C(C)C(C)(C)C. The topological polar surface area (TPSA) is 15.3 Å². The standard InChI is InChI=1S/C14H28N2/c1-11(9-15-13-7-8-13)10-16(6)12(2)14(3,4)5/h12-13,15H,1,7-10H2,2-6H3. The van der Waals surface area contributed by atoms with Crippen LogP contribution in [0.2, 0.25) is 0 Å². The lowest BCUT2D eigenvalue weighted by Crippen LogP contribution is -2.41. The minimum atomic E-state index is 0.332. The second kappa shape index (κ2) is 5.33. The highest BCUT2D eigenvalue weighted by Gasteiger charge is 2.24. The molecule has 0 aliphatic heterocycles. The van der Waals surface area contributed by atoms with Gasteiger partial charge in [0.25, 0.3) is 0 Å². The summed E-state index contributed by atoms with van der Waals surface area (Å²) in [6.07, 6.45) is 2.70. The fourth-order valence-corrected chi connectivity index (χ4v) is 1.78. The van der Waals surface area contributed by atoms with E-state index in [1.165, 1.54) is 18.4 Å². The highest BCUT2D eigenvalue weighted by Crippen LogP contribution is 2.23. The van der Waals surface area contributed by atoms with Crippen molar-refractivity contribution in [2.45, 2.75) is 52.6 Å². The van der Waals surface area contributed by atoms with Gasteiger partial charge in [-0.25, -0.2) is 0 Å². The molecule has 94 valence electrons. The first-order chi connectivity index (χ1) is 7.30. The Bertz CT molecular complexity index is 236. The molecule has 0 spiro atoms. The van der Waals surface area contributed by atoms with E-state index >= 15 is 0 Å². The molecule has 1 aliphatic carbocycles. The van der Waals surface area contributed by atoms with E-state index in [0.717, 1.165) is 19.1 Å². The molecule has 1 atom stereocenters. The summed E-state index contributed by atoms with van der Waals surface area (Å²) in [5, 5.41) is 3.51. The molecule has 0 heterocycles. The average Bonchev–Trinajstić information content (AvgIpc) is 2.95. The molecule has 0 bridgehead atoms. The molecular weight excluding hydrogens is 196 g/mol. The Morgan fingerprint density at radius 3 is 2.44 bits per heavy atom. The number of nitrogens with zero attached hydrogens (tertiary/aromatic N) is 1. The van der Waals surface area contributed by atoms with Crippen LogP contribution in [-0.2, 0) is 0 Å². The molecule has 0 amide bonds. The third-order valence-electron chi connectivity index (χ3n) is 3.61. The molecule has 0 saturated heterocycles. The van der Waals surface area contributed by atoms with Gasteiger partial charge < -0.3 is 5.32 Å². The van der Waals surface area contributed by atoms with Crippen LogP contribution in [0.5, 0.6) is 0 Å². The minimum absolute atomic E-state index is 0.332. The van der Waals surface area contributed by atoms with Crippen LogP contribution in [0.15, 0.2) is 12.2 Å². The third kappa shape index (κ3) is 4.67. The quantitative estimate of drug-likeness (QED) is 0.698. The average molecular weight is 224 g/mol. The second-order valence-electron chi connectivity index (χ2n) is 6.36. The molecule has 0 aromatic carbocycles. The van der Waals surface area contributed by atoms with Gasteiger partial charge in [-0.1, -0.05) is 27.4 Å². The van der Waals surface area contributed by atoms with E-state index in [4.69, 9.17) is 0 Å². The molecule has 1 saturated carbocycles. The van der Waals surface area contributed by atoms with Crippen molar-refractivity contribution in [1.29, 1.82) is 0 Å². The second-order valence-corrected chi connectivity index (χ2v) is 6.36. The van der Waals surface area contributed by atoms with Crippen LogP contribution in [0, 0.1) is 5.41 Å². The van der Waals surface area contributed by atoms with E-state index < -0.39 is 0 Å². The molecule has 1 fully saturated rings. The Kier molecular flexibility index (Phi) is 4.57. The number of nitrogens with one attached hydrogen (secondary N) is 1. The van der Waals surface area contributed by atoms with E-state index in [9.17, 15) is 0 Å². The number of likely N-dealkylation sites (N-methyl/N-ethyl adjacent to an activating group) is 1. The first-order valence-corrected chi connectivity index (χ1v) is 6.41. The van der Waals surface area contributed by atoms with E-state index in [1.807, 2.05) is 0 Å².